The summed E-state index contributed by atoms with van der Waals surface area (Å²) in [6, 6.07) is 6.57. The van der Waals surface area contributed by atoms with Crippen molar-refractivity contribution in [3.63, 3.8) is 0 Å². The fraction of sp³-hybridized carbons (Fsp3) is 0.143. The zero-order valence-electron chi connectivity index (χ0n) is 11.0. The molecule has 0 saturated carbocycles. The van der Waals surface area contributed by atoms with Crippen LogP contribution in [0, 0.1) is 5.41 Å². The molecule has 0 atom stereocenters. The number of aromatic nitrogens is 2. The number of ether oxygens (including phenoxy) is 1. The Labute approximate surface area is 116 Å². The maximum atomic E-state index is 11.2. The Bertz CT molecular complexity index is 641. The van der Waals surface area contributed by atoms with Gasteiger partial charge >= 0.3 is 0 Å². The monoisotopic (exact) mass is 270 g/mol. The van der Waals surface area contributed by atoms with Gasteiger partial charge in [0.2, 0.25) is 0 Å². The topological polar surface area (TPSA) is 102 Å². The predicted octanol–water partition coefficient (Wildman–Crippen LogP) is 1.59. The summed E-state index contributed by atoms with van der Waals surface area (Å²) in [4.78, 5) is 19.3. The molecule has 2 aromatic rings. The van der Waals surface area contributed by atoms with Crippen LogP contribution in [0.4, 0.5) is 5.69 Å². The van der Waals surface area contributed by atoms with Crippen LogP contribution in [0.15, 0.2) is 36.7 Å². The van der Waals surface area contributed by atoms with Crippen molar-refractivity contribution in [1.82, 2.24) is 9.97 Å². The second-order valence-electron chi connectivity index (χ2n) is 4.13. The number of carbonyl (C=O) groups excluding carboxylic acids is 1. The van der Waals surface area contributed by atoms with Crippen LogP contribution in [-0.4, -0.2) is 21.5 Å². The van der Waals surface area contributed by atoms with Crippen LogP contribution in [0.2, 0.25) is 0 Å². The van der Waals surface area contributed by atoms with Gasteiger partial charge in [-0.05, 0) is 24.3 Å². The van der Waals surface area contributed by atoms with E-state index in [2.05, 4.69) is 9.97 Å². The van der Waals surface area contributed by atoms with Crippen LogP contribution in [0.3, 0.4) is 0 Å². The molecule has 102 valence electrons. The third-order valence-corrected chi connectivity index (χ3v) is 2.63. The number of hydrogen-bond donors (Lipinski definition) is 2. The largest absolute Gasteiger partial charge is 0.486 e. The molecule has 0 saturated heterocycles. The zero-order chi connectivity index (χ0) is 14.5. The number of carbonyl (C=O) groups is 1. The minimum Gasteiger partial charge on any atom is -0.486 e. The van der Waals surface area contributed by atoms with E-state index in [0.717, 1.165) is 0 Å². The van der Waals surface area contributed by atoms with E-state index < -0.39 is 0 Å². The fourth-order valence-corrected chi connectivity index (χ4v) is 1.58. The number of nitrogens with zero attached hydrogens (tertiary/aromatic N) is 2. The van der Waals surface area contributed by atoms with Gasteiger partial charge in [-0.25, -0.2) is 9.97 Å². The van der Waals surface area contributed by atoms with E-state index in [9.17, 15) is 4.79 Å². The van der Waals surface area contributed by atoms with Crippen molar-refractivity contribution in [2.75, 3.05) is 5.73 Å². The summed E-state index contributed by atoms with van der Waals surface area (Å²) in [5, 5.41) is 7.71. The van der Waals surface area contributed by atoms with Crippen molar-refractivity contribution in [3.05, 3.63) is 48.0 Å². The summed E-state index contributed by atoms with van der Waals surface area (Å²) in [5.74, 6) is 0.709. The van der Waals surface area contributed by atoms with Crippen molar-refractivity contribution < 1.29 is 9.53 Å². The number of nitrogens with one attached hydrogen (secondary N) is 1. The molecule has 0 unspecified atom stereocenters. The van der Waals surface area contributed by atoms with Gasteiger partial charge < -0.3 is 10.5 Å². The van der Waals surface area contributed by atoms with Crippen molar-refractivity contribution >= 4 is 17.2 Å². The SMILES string of the molecule is CC(=O)C(=N)c1cc(OCc2ncccn2)ccc1N. The lowest BCUT2D eigenvalue weighted by atomic mass is 10.1. The van der Waals surface area contributed by atoms with Crippen molar-refractivity contribution in [2.24, 2.45) is 0 Å². The summed E-state index contributed by atoms with van der Waals surface area (Å²) in [5.41, 5.74) is 6.36. The number of benzene rings is 1. The van der Waals surface area contributed by atoms with Crippen LogP contribution in [-0.2, 0) is 11.4 Å². The molecule has 1 aromatic heterocycles. The molecule has 0 aliphatic heterocycles. The average Bonchev–Trinajstić information content (AvgIpc) is 2.46. The lowest BCUT2D eigenvalue weighted by Gasteiger charge is -2.09. The normalized spacial score (nSPS) is 10.1. The highest BCUT2D eigenvalue weighted by Gasteiger charge is 2.11. The average molecular weight is 270 g/mol. The van der Waals surface area contributed by atoms with E-state index >= 15 is 0 Å². The minimum absolute atomic E-state index is 0.135. The third-order valence-electron chi connectivity index (χ3n) is 2.63. The number of rotatable bonds is 5. The fourth-order valence-electron chi connectivity index (χ4n) is 1.58. The second-order valence-corrected chi connectivity index (χ2v) is 4.13. The first kappa shape index (κ1) is 13.7. The highest BCUT2D eigenvalue weighted by Crippen LogP contribution is 2.21. The summed E-state index contributed by atoms with van der Waals surface area (Å²) >= 11 is 0. The molecule has 1 heterocycles. The molecule has 1 aromatic carbocycles. The summed E-state index contributed by atoms with van der Waals surface area (Å²) < 4.78 is 5.53. The molecule has 0 radical (unpaired) electrons. The van der Waals surface area contributed by atoms with Gasteiger partial charge in [0, 0.05) is 30.6 Å². The summed E-state index contributed by atoms with van der Waals surface area (Å²) in [7, 11) is 0. The highest BCUT2D eigenvalue weighted by molar-refractivity contribution is 6.45. The van der Waals surface area contributed by atoms with E-state index in [1.807, 2.05) is 0 Å². The molecule has 0 bridgehead atoms. The van der Waals surface area contributed by atoms with Gasteiger partial charge in [-0.2, -0.15) is 0 Å². The van der Waals surface area contributed by atoms with E-state index in [4.69, 9.17) is 15.9 Å². The van der Waals surface area contributed by atoms with Gasteiger partial charge in [0.05, 0.1) is 0 Å². The maximum Gasteiger partial charge on any atom is 0.178 e. The van der Waals surface area contributed by atoms with Crippen molar-refractivity contribution in [2.45, 2.75) is 13.5 Å². The Kier molecular flexibility index (Phi) is 4.05. The number of nitrogen functional groups attached to an aromatic ring is 1. The third kappa shape index (κ3) is 3.17. The molecule has 0 fully saturated rings. The van der Waals surface area contributed by atoms with E-state index in [1.54, 1.807) is 36.7 Å². The number of nitrogens with two attached hydrogens (primary N) is 1. The Morgan fingerprint density at radius 1 is 1.35 bits per heavy atom. The van der Waals surface area contributed by atoms with E-state index in [-0.39, 0.29) is 18.1 Å². The zero-order valence-corrected chi connectivity index (χ0v) is 11.0. The lowest BCUT2D eigenvalue weighted by Crippen LogP contribution is -2.12. The molecule has 2 rings (SSSR count). The molecular formula is C14H14N4O2. The lowest BCUT2D eigenvalue weighted by molar-refractivity contribution is -0.111. The smallest absolute Gasteiger partial charge is 0.178 e. The molecule has 0 aliphatic rings. The van der Waals surface area contributed by atoms with Gasteiger partial charge in [0.1, 0.15) is 18.1 Å². The summed E-state index contributed by atoms with van der Waals surface area (Å²) in [6.07, 6.45) is 3.26. The Hall–Kier alpha value is -2.76. The predicted molar refractivity (Wildman–Crippen MR) is 74.7 cm³/mol. The van der Waals surface area contributed by atoms with Gasteiger partial charge in [0.25, 0.3) is 0 Å². The molecule has 0 aliphatic carbocycles. The first-order valence-electron chi connectivity index (χ1n) is 5.96. The summed E-state index contributed by atoms with van der Waals surface area (Å²) in [6.45, 7) is 1.53. The van der Waals surface area contributed by atoms with Gasteiger partial charge in [-0.15, -0.1) is 0 Å². The Morgan fingerprint density at radius 2 is 2.05 bits per heavy atom. The van der Waals surface area contributed by atoms with Gasteiger partial charge in [-0.1, -0.05) is 0 Å². The van der Waals surface area contributed by atoms with Crippen molar-refractivity contribution in [1.29, 1.82) is 5.41 Å². The second kappa shape index (κ2) is 5.92. The van der Waals surface area contributed by atoms with Gasteiger partial charge in [-0.3, -0.25) is 10.2 Å². The Balaban J connectivity index is 2.15. The molecule has 20 heavy (non-hydrogen) atoms. The maximum absolute atomic E-state index is 11.2. The number of ketones is 1. The van der Waals surface area contributed by atoms with Crippen molar-refractivity contribution in [3.8, 4) is 5.75 Å². The number of anilines is 1. The number of Topliss-reactive ketones (excluding diaryl/α,β-unsaturated/α-hetero) is 1. The molecule has 0 amide bonds. The van der Waals surface area contributed by atoms with Crippen LogP contribution < -0.4 is 10.5 Å². The minimum atomic E-state index is -0.347. The van der Waals surface area contributed by atoms with Crippen LogP contribution in [0.5, 0.6) is 5.75 Å². The molecular weight excluding hydrogens is 256 g/mol. The van der Waals surface area contributed by atoms with Gasteiger partial charge in [0.15, 0.2) is 11.6 Å². The van der Waals surface area contributed by atoms with E-state index in [0.29, 0.717) is 22.8 Å². The quantitative estimate of drug-likeness (QED) is 0.634. The molecule has 6 nitrogen and oxygen atoms in total. The molecule has 0 spiro atoms. The Morgan fingerprint density at radius 3 is 2.70 bits per heavy atom. The highest BCUT2D eigenvalue weighted by atomic mass is 16.5. The first-order valence-corrected chi connectivity index (χ1v) is 5.96. The van der Waals surface area contributed by atoms with Crippen LogP contribution in [0.1, 0.15) is 18.3 Å². The first-order chi connectivity index (χ1) is 9.58. The number of hydrogen-bond acceptors (Lipinski definition) is 6. The van der Waals surface area contributed by atoms with E-state index in [1.165, 1.54) is 6.92 Å². The standard InChI is InChI=1S/C14H14N4O2/c1-9(19)14(16)11-7-10(3-4-12(11)15)20-8-13-17-5-2-6-18-13/h2-7,16H,8,15H2,1H3. The van der Waals surface area contributed by atoms with Crippen LogP contribution in [0.25, 0.3) is 0 Å². The van der Waals surface area contributed by atoms with Crippen LogP contribution >= 0.6 is 0 Å². The molecule has 3 N–H and O–H groups in total. The molecule has 6 heteroatoms.